The summed E-state index contributed by atoms with van der Waals surface area (Å²) in [5.41, 5.74) is 0.162. The molecule has 0 aromatic carbocycles. The first-order valence-electron chi connectivity index (χ1n) is 5.11. The van der Waals surface area contributed by atoms with Crippen LogP contribution < -0.4 is 0 Å². The molecule has 1 rings (SSSR count). The first kappa shape index (κ1) is 12.5. The molecule has 0 bridgehead atoms. The van der Waals surface area contributed by atoms with E-state index in [1.807, 2.05) is 20.8 Å². The number of aldehydes is 1. The molecule has 0 spiro atoms. The number of nitrogens with zero attached hydrogens (tertiary/aromatic N) is 1. The summed E-state index contributed by atoms with van der Waals surface area (Å²) < 4.78 is 6.44. The van der Waals surface area contributed by atoms with Gasteiger partial charge >= 0.3 is 5.97 Å². The van der Waals surface area contributed by atoms with Gasteiger partial charge in [-0.25, -0.2) is 4.79 Å². The normalized spacial score (nSPS) is 13.2. The Hall–Kier alpha value is -1.58. The average Bonchev–Trinajstić information content (AvgIpc) is 2.63. The molecule has 1 heterocycles. The number of hydrogen-bond acceptors (Lipinski definition) is 3. The minimum absolute atomic E-state index is 0.316. The molecule has 1 atom stereocenters. The zero-order chi connectivity index (χ0) is 12.3. The lowest BCUT2D eigenvalue weighted by Crippen LogP contribution is -2.33. The van der Waals surface area contributed by atoms with Crippen molar-refractivity contribution in [2.24, 2.45) is 5.41 Å². The van der Waals surface area contributed by atoms with Gasteiger partial charge in [-0.05, 0) is 17.5 Å². The molecule has 0 aliphatic rings. The Bertz CT molecular complexity index is 387. The van der Waals surface area contributed by atoms with Crippen molar-refractivity contribution in [2.75, 3.05) is 7.11 Å². The van der Waals surface area contributed by atoms with Gasteiger partial charge < -0.3 is 9.30 Å². The molecule has 0 saturated carbocycles. The Morgan fingerprint density at radius 2 is 2.12 bits per heavy atom. The van der Waals surface area contributed by atoms with Crippen molar-refractivity contribution in [1.82, 2.24) is 4.57 Å². The number of carbonyl (C=O) groups excluding carboxylic acids is 2. The predicted octanol–water partition coefficient (Wildman–Crippen LogP) is 2.06. The van der Waals surface area contributed by atoms with Crippen molar-refractivity contribution in [3.8, 4) is 0 Å². The Morgan fingerprint density at radius 1 is 1.50 bits per heavy atom. The number of carbonyl (C=O) groups is 2. The summed E-state index contributed by atoms with van der Waals surface area (Å²) in [5.74, 6) is -0.341. The summed E-state index contributed by atoms with van der Waals surface area (Å²) in [6, 6.07) is 2.92. The molecule has 0 unspecified atom stereocenters. The molecule has 0 saturated heterocycles. The molecule has 0 aliphatic heterocycles. The summed E-state index contributed by atoms with van der Waals surface area (Å²) in [4.78, 5) is 22.6. The van der Waals surface area contributed by atoms with Gasteiger partial charge in [-0.3, -0.25) is 4.79 Å². The highest BCUT2D eigenvalue weighted by Crippen LogP contribution is 2.32. The van der Waals surface area contributed by atoms with Gasteiger partial charge in [0.25, 0.3) is 0 Å². The van der Waals surface area contributed by atoms with E-state index < -0.39 is 6.04 Å². The van der Waals surface area contributed by atoms with E-state index in [1.54, 1.807) is 22.9 Å². The van der Waals surface area contributed by atoms with E-state index in [9.17, 15) is 9.59 Å². The van der Waals surface area contributed by atoms with E-state index in [2.05, 4.69) is 0 Å². The van der Waals surface area contributed by atoms with Crippen molar-refractivity contribution >= 4 is 12.3 Å². The zero-order valence-electron chi connectivity index (χ0n) is 10.1. The van der Waals surface area contributed by atoms with Crippen LogP contribution >= 0.6 is 0 Å². The predicted molar refractivity (Wildman–Crippen MR) is 60.3 cm³/mol. The van der Waals surface area contributed by atoms with Crippen LogP contribution in [0.4, 0.5) is 0 Å². The van der Waals surface area contributed by atoms with Crippen molar-refractivity contribution in [3.63, 3.8) is 0 Å². The van der Waals surface area contributed by atoms with E-state index in [-0.39, 0.29) is 11.4 Å². The summed E-state index contributed by atoms with van der Waals surface area (Å²) >= 11 is 0. The molecule has 16 heavy (non-hydrogen) atoms. The molecule has 0 fully saturated rings. The molecular formula is C12H17NO3. The second-order valence-corrected chi connectivity index (χ2v) is 4.75. The van der Waals surface area contributed by atoms with Gasteiger partial charge in [-0.1, -0.05) is 20.8 Å². The molecule has 1 aromatic heterocycles. The van der Waals surface area contributed by atoms with Gasteiger partial charge in [0.15, 0.2) is 6.29 Å². The topological polar surface area (TPSA) is 48.3 Å². The maximum absolute atomic E-state index is 11.8. The fourth-order valence-corrected chi connectivity index (χ4v) is 1.74. The number of esters is 1. The Labute approximate surface area is 95.2 Å². The van der Waals surface area contributed by atoms with E-state index >= 15 is 0 Å². The highest BCUT2D eigenvalue weighted by atomic mass is 16.5. The van der Waals surface area contributed by atoms with Crippen LogP contribution in [0.25, 0.3) is 0 Å². The molecule has 4 nitrogen and oxygen atoms in total. The molecule has 1 aromatic rings. The second-order valence-electron chi connectivity index (χ2n) is 4.75. The number of aromatic nitrogens is 1. The fraction of sp³-hybridized carbons (Fsp3) is 0.500. The smallest absolute Gasteiger partial charge is 0.329 e. The summed E-state index contributed by atoms with van der Waals surface area (Å²) in [5, 5.41) is 0. The third kappa shape index (κ3) is 2.32. The van der Waals surface area contributed by atoms with Gasteiger partial charge in [0.1, 0.15) is 6.04 Å². The standard InChI is InChI=1S/C12H17NO3/c1-12(2,3)10(11(15)16-4)13-7-5-6-9(13)8-14/h5-8,10H,1-4H3/t10-/m1/s1. The molecule has 88 valence electrons. The van der Waals surface area contributed by atoms with Crippen molar-refractivity contribution in [2.45, 2.75) is 26.8 Å². The number of methoxy groups -OCH3 is 1. The van der Waals surface area contributed by atoms with Gasteiger partial charge in [-0.2, -0.15) is 0 Å². The van der Waals surface area contributed by atoms with Gasteiger partial charge in [-0.15, -0.1) is 0 Å². The maximum Gasteiger partial charge on any atom is 0.329 e. The zero-order valence-corrected chi connectivity index (χ0v) is 10.1. The van der Waals surface area contributed by atoms with Gasteiger partial charge in [0.05, 0.1) is 12.8 Å². The summed E-state index contributed by atoms with van der Waals surface area (Å²) in [6.07, 6.45) is 2.46. The van der Waals surface area contributed by atoms with Crippen LogP contribution in [0.3, 0.4) is 0 Å². The maximum atomic E-state index is 11.8. The second kappa shape index (κ2) is 4.51. The van der Waals surface area contributed by atoms with Crippen molar-refractivity contribution in [1.29, 1.82) is 0 Å². The van der Waals surface area contributed by atoms with Crippen LogP contribution in [-0.4, -0.2) is 23.9 Å². The molecule has 0 radical (unpaired) electrons. The van der Waals surface area contributed by atoms with E-state index in [4.69, 9.17) is 4.74 Å². The third-order valence-corrected chi connectivity index (χ3v) is 2.46. The van der Waals surface area contributed by atoms with Crippen LogP contribution in [0.2, 0.25) is 0 Å². The number of hydrogen-bond donors (Lipinski definition) is 0. The lowest BCUT2D eigenvalue weighted by molar-refractivity contribution is -0.148. The van der Waals surface area contributed by atoms with Crippen molar-refractivity contribution < 1.29 is 14.3 Å². The summed E-state index contributed by atoms with van der Waals surface area (Å²) in [6.45, 7) is 5.80. The van der Waals surface area contributed by atoms with Crippen LogP contribution in [0, 0.1) is 5.41 Å². The molecular weight excluding hydrogens is 206 g/mol. The molecule has 4 heteroatoms. The average molecular weight is 223 g/mol. The first-order chi connectivity index (χ1) is 7.41. The monoisotopic (exact) mass is 223 g/mol. The number of ether oxygens (including phenoxy) is 1. The van der Waals surface area contributed by atoms with Crippen LogP contribution in [0.1, 0.15) is 37.3 Å². The number of rotatable bonds is 3. The first-order valence-corrected chi connectivity index (χ1v) is 5.11. The minimum Gasteiger partial charge on any atom is -0.467 e. The summed E-state index contributed by atoms with van der Waals surface area (Å²) in [7, 11) is 1.35. The Balaban J connectivity index is 3.21. The highest BCUT2D eigenvalue weighted by Gasteiger charge is 2.34. The molecule has 0 amide bonds. The van der Waals surface area contributed by atoms with E-state index in [1.165, 1.54) is 7.11 Å². The van der Waals surface area contributed by atoms with E-state index in [0.717, 1.165) is 6.29 Å². The third-order valence-electron chi connectivity index (χ3n) is 2.46. The molecule has 0 N–H and O–H groups in total. The highest BCUT2D eigenvalue weighted by molar-refractivity contribution is 5.78. The SMILES string of the molecule is COC(=O)[C@@H](n1cccc1C=O)C(C)(C)C. The van der Waals surface area contributed by atoms with Crippen molar-refractivity contribution in [3.05, 3.63) is 24.0 Å². The minimum atomic E-state index is -0.493. The quantitative estimate of drug-likeness (QED) is 0.582. The Morgan fingerprint density at radius 3 is 2.56 bits per heavy atom. The lowest BCUT2D eigenvalue weighted by atomic mass is 9.86. The fourth-order valence-electron chi connectivity index (χ4n) is 1.74. The van der Waals surface area contributed by atoms with Crippen LogP contribution in [0.15, 0.2) is 18.3 Å². The van der Waals surface area contributed by atoms with Crippen LogP contribution in [0.5, 0.6) is 0 Å². The molecule has 0 aliphatic carbocycles. The largest absolute Gasteiger partial charge is 0.467 e. The van der Waals surface area contributed by atoms with Gasteiger partial charge in [0, 0.05) is 6.20 Å². The van der Waals surface area contributed by atoms with Crippen LogP contribution in [-0.2, 0) is 9.53 Å². The van der Waals surface area contributed by atoms with Gasteiger partial charge in [0.2, 0.25) is 0 Å². The Kier molecular flexibility index (Phi) is 3.52. The van der Waals surface area contributed by atoms with E-state index in [0.29, 0.717) is 5.69 Å². The lowest BCUT2D eigenvalue weighted by Gasteiger charge is -2.30.